The number of anilines is 1. The van der Waals surface area contributed by atoms with Crippen LogP contribution in [0.25, 0.3) is 0 Å². The number of aromatic nitrogens is 1. The van der Waals surface area contributed by atoms with Crippen molar-refractivity contribution in [2.24, 2.45) is 0 Å². The Bertz CT molecular complexity index is 636. The molecule has 0 aliphatic carbocycles. The van der Waals surface area contributed by atoms with Crippen LogP contribution in [0.3, 0.4) is 0 Å². The van der Waals surface area contributed by atoms with Gasteiger partial charge >= 0.3 is 0 Å². The molecule has 5 heteroatoms. The summed E-state index contributed by atoms with van der Waals surface area (Å²) in [5.74, 6) is 1.10. The third kappa shape index (κ3) is 4.56. The van der Waals surface area contributed by atoms with Crippen LogP contribution in [-0.2, 0) is 13.1 Å². The second kappa shape index (κ2) is 8.60. The monoisotopic (exact) mass is 388 g/mol. The molecule has 1 aromatic heterocycles. The standard InChI is InChI=1S/C19H25BrN4/c1-2-23-9-11-24(12-10-23)19-8-7-16(14-22-19)13-21-15-17-5-3-4-6-18(17)20/h3-8,14,21H,2,9-13,15H2,1H3. The van der Waals surface area contributed by atoms with Gasteiger partial charge in [-0.3, -0.25) is 0 Å². The topological polar surface area (TPSA) is 31.4 Å². The van der Waals surface area contributed by atoms with E-state index >= 15 is 0 Å². The van der Waals surface area contributed by atoms with E-state index < -0.39 is 0 Å². The van der Waals surface area contributed by atoms with Crippen molar-refractivity contribution < 1.29 is 0 Å². The molecule has 128 valence electrons. The number of halogens is 1. The molecule has 0 amide bonds. The molecule has 0 radical (unpaired) electrons. The highest BCUT2D eigenvalue weighted by Crippen LogP contribution is 2.16. The summed E-state index contributed by atoms with van der Waals surface area (Å²) >= 11 is 3.58. The normalized spacial score (nSPS) is 15.7. The number of pyridine rings is 1. The fourth-order valence-corrected chi connectivity index (χ4v) is 3.41. The molecule has 0 atom stereocenters. The van der Waals surface area contributed by atoms with E-state index in [4.69, 9.17) is 0 Å². The molecule has 1 N–H and O–H groups in total. The molecule has 0 spiro atoms. The Morgan fingerprint density at radius 1 is 1.04 bits per heavy atom. The highest BCUT2D eigenvalue weighted by Gasteiger charge is 2.16. The zero-order valence-electron chi connectivity index (χ0n) is 14.2. The predicted molar refractivity (Wildman–Crippen MR) is 103 cm³/mol. The Hall–Kier alpha value is -1.43. The SMILES string of the molecule is CCN1CCN(c2ccc(CNCc3ccccc3Br)cn2)CC1. The molecule has 1 aliphatic rings. The first kappa shape index (κ1) is 17.4. The highest BCUT2D eigenvalue weighted by atomic mass is 79.9. The molecule has 1 aromatic carbocycles. The van der Waals surface area contributed by atoms with Crippen molar-refractivity contribution >= 4 is 21.7 Å². The second-order valence-electron chi connectivity index (χ2n) is 6.14. The summed E-state index contributed by atoms with van der Waals surface area (Å²) in [4.78, 5) is 9.52. The summed E-state index contributed by atoms with van der Waals surface area (Å²) < 4.78 is 1.15. The predicted octanol–water partition coefficient (Wildman–Crippen LogP) is 3.28. The fraction of sp³-hybridized carbons (Fsp3) is 0.421. The minimum atomic E-state index is 0.832. The molecule has 0 saturated carbocycles. The summed E-state index contributed by atoms with van der Waals surface area (Å²) in [6.45, 7) is 9.45. The molecule has 3 rings (SSSR count). The summed E-state index contributed by atoms with van der Waals surface area (Å²) in [5, 5.41) is 3.48. The molecule has 1 aliphatic heterocycles. The van der Waals surface area contributed by atoms with Crippen molar-refractivity contribution in [1.82, 2.24) is 15.2 Å². The van der Waals surface area contributed by atoms with E-state index in [1.165, 1.54) is 11.1 Å². The van der Waals surface area contributed by atoms with Crippen LogP contribution < -0.4 is 10.2 Å². The molecule has 2 heterocycles. The van der Waals surface area contributed by atoms with Gasteiger partial charge < -0.3 is 15.1 Å². The van der Waals surface area contributed by atoms with Crippen LogP contribution in [0.4, 0.5) is 5.82 Å². The lowest BCUT2D eigenvalue weighted by molar-refractivity contribution is 0.270. The molecule has 1 saturated heterocycles. The number of likely N-dealkylation sites (N-methyl/N-ethyl adjacent to an activating group) is 1. The number of hydrogen-bond donors (Lipinski definition) is 1. The van der Waals surface area contributed by atoms with Gasteiger partial charge in [-0.2, -0.15) is 0 Å². The number of hydrogen-bond acceptors (Lipinski definition) is 4. The molecule has 24 heavy (non-hydrogen) atoms. The second-order valence-corrected chi connectivity index (χ2v) is 7.00. The van der Waals surface area contributed by atoms with Crippen LogP contribution in [0, 0.1) is 0 Å². The average molecular weight is 389 g/mol. The van der Waals surface area contributed by atoms with Crippen LogP contribution >= 0.6 is 15.9 Å². The Morgan fingerprint density at radius 3 is 2.50 bits per heavy atom. The van der Waals surface area contributed by atoms with Crippen LogP contribution in [-0.4, -0.2) is 42.6 Å². The molecule has 1 fully saturated rings. The number of benzene rings is 1. The van der Waals surface area contributed by atoms with E-state index in [9.17, 15) is 0 Å². The van der Waals surface area contributed by atoms with Gasteiger partial charge in [-0.15, -0.1) is 0 Å². The van der Waals surface area contributed by atoms with E-state index in [0.29, 0.717) is 0 Å². The maximum absolute atomic E-state index is 4.65. The Kier molecular flexibility index (Phi) is 6.24. The third-order valence-corrected chi connectivity index (χ3v) is 5.33. The first-order valence-electron chi connectivity index (χ1n) is 8.62. The summed E-state index contributed by atoms with van der Waals surface area (Å²) in [7, 11) is 0. The maximum atomic E-state index is 4.65. The van der Waals surface area contributed by atoms with Crippen molar-refractivity contribution in [3.63, 3.8) is 0 Å². The van der Waals surface area contributed by atoms with E-state index in [-0.39, 0.29) is 0 Å². The molecule has 0 bridgehead atoms. The Morgan fingerprint density at radius 2 is 1.83 bits per heavy atom. The van der Waals surface area contributed by atoms with Gasteiger partial charge in [0.15, 0.2) is 0 Å². The lowest BCUT2D eigenvalue weighted by atomic mass is 10.2. The van der Waals surface area contributed by atoms with Gasteiger partial charge in [-0.05, 0) is 29.8 Å². The van der Waals surface area contributed by atoms with Crippen LogP contribution in [0.1, 0.15) is 18.1 Å². The number of rotatable bonds is 6. The fourth-order valence-electron chi connectivity index (χ4n) is 2.98. The van der Waals surface area contributed by atoms with Crippen LogP contribution in [0.2, 0.25) is 0 Å². The zero-order chi connectivity index (χ0) is 16.8. The van der Waals surface area contributed by atoms with Crippen molar-refractivity contribution in [1.29, 1.82) is 0 Å². The molecular formula is C19H25BrN4. The summed E-state index contributed by atoms with van der Waals surface area (Å²) in [5.41, 5.74) is 2.49. The van der Waals surface area contributed by atoms with E-state index in [1.807, 2.05) is 12.3 Å². The maximum Gasteiger partial charge on any atom is 0.128 e. The quantitative estimate of drug-likeness (QED) is 0.822. The molecule has 2 aromatic rings. The third-order valence-electron chi connectivity index (χ3n) is 4.56. The number of nitrogens with zero attached hydrogens (tertiary/aromatic N) is 3. The Balaban J connectivity index is 1.49. The van der Waals surface area contributed by atoms with Crippen LogP contribution in [0.5, 0.6) is 0 Å². The highest BCUT2D eigenvalue weighted by molar-refractivity contribution is 9.10. The van der Waals surface area contributed by atoms with Crippen molar-refractivity contribution in [3.05, 3.63) is 58.2 Å². The van der Waals surface area contributed by atoms with Gasteiger partial charge in [-0.1, -0.05) is 47.1 Å². The van der Waals surface area contributed by atoms with Gasteiger partial charge in [0.05, 0.1) is 0 Å². The molecule has 0 unspecified atom stereocenters. The minimum Gasteiger partial charge on any atom is -0.354 e. The van der Waals surface area contributed by atoms with Gasteiger partial charge in [0.25, 0.3) is 0 Å². The Labute approximate surface area is 153 Å². The molecular weight excluding hydrogens is 364 g/mol. The first-order valence-corrected chi connectivity index (χ1v) is 9.42. The lowest BCUT2D eigenvalue weighted by Gasteiger charge is -2.34. The van der Waals surface area contributed by atoms with E-state index in [0.717, 1.165) is 56.1 Å². The van der Waals surface area contributed by atoms with E-state index in [1.54, 1.807) is 0 Å². The minimum absolute atomic E-state index is 0.832. The van der Waals surface area contributed by atoms with Gasteiger partial charge in [0.2, 0.25) is 0 Å². The average Bonchev–Trinajstić information content (AvgIpc) is 2.64. The van der Waals surface area contributed by atoms with Crippen LogP contribution in [0.15, 0.2) is 47.1 Å². The van der Waals surface area contributed by atoms with Gasteiger partial charge in [0.1, 0.15) is 5.82 Å². The number of piperazine rings is 1. The van der Waals surface area contributed by atoms with Crippen molar-refractivity contribution in [3.8, 4) is 0 Å². The molecule has 4 nitrogen and oxygen atoms in total. The lowest BCUT2D eigenvalue weighted by Crippen LogP contribution is -2.46. The van der Waals surface area contributed by atoms with Crippen molar-refractivity contribution in [2.75, 3.05) is 37.6 Å². The summed E-state index contributed by atoms with van der Waals surface area (Å²) in [6, 6.07) is 12.6. The zero-order valence-corrected chi connectivity index (χ0v) is 15.8. The van der Waals surface area contributed by atoms with Crippen molar-refractivity contribution in [2.45, 2.75) is 20.0 Å². The smallest absolute Gasteiger partial charge is 0.128 e. The van der Waals surface area contributed by atoms with Gasteiger partial charge in [0, 0.05) is 49.9 Å². The first-order chi connectivity index (χ1) is 11.8. The largest absolute Gasteiger partial charge is 0.354 e. The summed E-state index contributed by atoms with van der Waals surface area (Å²) in [6.07, 6.45) is 1.99. The van der Waals surface area contributed by atoms with E-state index in [2.05, 4.69) is 73.3 Å². The number of nitrogens with one attached hydrogen (secondary N) is 1. The van der Waals surface area contributed by atoms with Gasteiger partial charge in [-0.25, -0.2) is 4.98 Å².